The Morgan fingerprint density at radius 1 is 0.871 bits per heavy atom. The van der Waals surface area contributed by atoms with E-state index in [0.29, 0.717) is 45.1 Å². The zero-order valence-corrected chi connectivity index (χ0v) is 41.0. The van der Waals surface area contributed by atoms with Crippen LogP contribution >= 0.6 is 0 Å². The molecule has 0 fully saturated rings. The third kappa shape index (κ3) is 13.6. The number of amides is 3. The molecule has 5 rings (SSSR count). The summed E-state index contributed by atoms with van der Waals surface area (Å²) in [6.45, 7) is 9.66. The summed E-state index contributed by atoms with van der Waals surface area (Å²) >= 11 is 0. The van der Waals surface area contributed by atoms with Gasteiger partial charge >= 0.3 is 0 Å². The standard InChI is InChI=1S/C53H66N8O9/c1-31-24-44(64)50(35-12-16-46(69-23-21-57)39(27-35)38-25-33(9-15-45(38)68-22-20-56)26-41(60-51(31)66)42(62)8-7-18-54)61(6)52(67)36(17-19-55)28-43(63)49-32(2)59-40(29-47(49)70-30-48(58)65)34-10-13-37(14-11-34)53(3,4)5/h9-16,25,27,29,31,36,41,50H,7-8,17,19-24,26,28,30,55-57H2,1-6H3,(H2,58,65)(H,60,66)/t31-,36-,41+,50+/m1/s1. The molecule has 1 aliphatic heterocycles. The maximum absolute atomic E-state index is 15.0. The molecule has 0 unspecified atom stereocenters. The van der Waals surface area contributed by atoms with Gasteiger partial charge in [0.05, 0.1) is 29.1 Å². The fourth-order valence-corrected chi connectivity index (χ4v) is 8.50. The first-order valence-corrected chi connectivity index (χ1v) is 23.5. The number of primary amides is 1. The minimum absolute atomic E-state index is 0.00655. The third-order valence-corrected chi connectivity index (χ3v) is 12.2. The molecule has 70 heavy (non-hydrogen) atoms. The lowest BCUT2D eigenvalue weighted by Gasteiger charge is -2.32. The van der Waals surface area contributed by atoms with Crippen molar-refractivity contribution in [3.63, 3.8) is 0 Å². The second kappa shape index (κ2) is 24.5. The van der Waals surface area contributed by atoms with Crippen molar-refractivity contribution in [2.45, 2.75) is 90.6 Å². The molecule has 4 atom stereocenters. The molecule has 4 bridgehead atoms. The number of fused-ring (bicyclic) bond motifs is 5. The third-order valence-electron chi connectivity index (χ3n) is 12.2. The van der Waals surface area contributed by atoms with E-state index in [-0.39, 0.29) is 93.9 Å². The van der Waals surface area contributed by atoms with Gasteiger partial charge < -0.3 is 47.4 Å². The monoisotopic (exact) mass is 958 g/mol. The van der Waals surface area contributed by atoms with Crippen molar-refractivity contribution in [2.75, 3.05) is 46.5 Å². The summed E-state index contributed by atoms with van der Waals surface area (Å²) in [5, 5.41) is 12.1. The van der Waals surface area contributed by atoms with Crippen molar-refractivity contribution in [3.05, 3.63) is 94.7 Å². The molecule has 3 amide bonds. The molecule has 0 spiro atoms. The average Bonchev–Trinajstić information content (AvgIpc) is 3.32. The number of nitrogens with two attached hydrogens (primary N) is 4. The molecule has 17 heteroatoms. The number of nitrogens with zero attached hydrogens (tertiary/aromatic N) is 3. The number of likely N-dealkylation sites (N-methyl/N-ethyl adjacent to an activating group) is 1. The highest BCUT2D eigenvalue weighted by atomic mass is 16.5. The van der Waals surface area contributed by atoms with Crippen molar-refractivity contribution in [2.24, 2.45) is 34.8 Å². The highest BCUT2D eigenvalue weighted by Crippen LogP contribution is 2.41. The van der Waals surface area contributed by atoms with E-state index in [1.807, 2.05) is 30.3 Å². The molecular weight excluding hydrogens is 893 g/mol. The molecule has 1 aliphatic rings. The van der Waals surface area contributed by atoms with Crippen LogP contribution in [0.5, 0.6) is 17.2 Å². The largest absolute Gasteiger partial charge is 0.492 e. The number of ketones is 3. The lowest BCUT2D eigenvalue weighted by molar-refractivity contribution is -0.142. The predicted octanol–water partition coefficient (Wildman–Crippen LogP) is 4.81. The van der Waals surface area contributed by atoms with Gasteiger partial charge in [-0.05, 0) is 72.7 Å². The number of hydrogen-bond donors (Lipinski definition) is 5. The van der Waals surface area contributed by atoms with Crippen LogP contribution in [-0.4, -0.2) is 97.5 Å². The Morgan fingerprint density at radius 3 is 2.11 bits per heavy atom. The molecule has 0 radical (unpaired) electrons. The van der Waals surface area contributed by atoms with Gasteiger partial charge in [0.1, 0.15) is 36.5 Å². The molecule has 2 heterocycles. The number of hydrogen-bond acceptors (Lipinski definition) is 14. The molecule has 0 aliphatic carbocycles. The van der Waals surface area contributed by atoms with Crippen molar-refractivity contribution >= 4 is 35.1 Å². The van der Waals surface area contributed by atoms with E-state index in [1.54, 1.807) is 56.3 Å². The molecule has 0 saturated carbocycles. The molecule has 3 aromatic carbocycles. The maximum atomic E-state index is 15.0. The molecule has 17 nitrogen and oxygen atoms in total. The van der Waals surface area contributed by atoms with E-state index in [0.717, 1.165) is 11.1 Å². The molecular formula is C53H66N8O9. The molecule has 372 valence electrons. The smallest absolute Gasteiger partial charge is 0.255 e. The van der Waals surface area contributed by atoms with Crippen molar-refractivity contribution in [3.8, 4) is 45.7 Å². The normalized spacial score (nSPS) is 16.5. The number of aromatic nitrogens is 1. The number of ether oxygens (including phenoxy) is 3. The van der Waals surface area contributed by atoms with Crippen LogP contribution < -0.4 is 42.5 Å². The van der Waals surface area contributed by atoms with Gasteiger partial charge in [-0.3, -0.25) is 33.8 Å². The Hall–Kier alpha value is -7.00. The second-order valence-corrected chi connectivity index (χ2v) is 18.6. The fraction of sp³-hybridized carbons (Fsp3) is 0.434. The quantitative estimate of drug-likeness (QED) is 0.0744. The van der Waals surface area contributed by atoms with Crippen LogP contribution in [0.2, 0.25) is 0 Å². The second-order valence-electron chi connectivity index (χ2n) is 18.6. The van der Waals surface area contributed by atoms with Gasteiger partial charge in [0, 0.05) is 80.4 Å². The first-order chi connectivity index (χ1) is 33.3. The maximum Gasteiger partial charge on any atom is 0.255 e. The van der Waals surface area contributed by atoms with Crippen molar-refractivity contribution < 1.29 is 43.0 Å². The van der Waals surface area contributed by atoms with Gasteiger partial charge in [0.25, 0.3) is 5.91 Å². The summed E-state index contributed by atoms with van der Waals surface area (Å²) < 4.78 is 18.1. The van der Waals surface area contributed by atoms with E-state index < -0.39 is 59.8 Å². The number of benzene rings is 3. The first-order valence-electron chi connectivity index (χ1n) is 23.5. The number of Topliss-reactive ketones (excluding diaryl/α,β-unsaturated/α-hetero) is 3. The summed E-state index contributed by atoms with van der Waals surface area (Å²) in [4.78, 5) is 89.7. The minimum atomic E-state index is -1.31. The fourth-order valence-electron chi connectivity index (χ4n) is 8.50. The van der Waals surface area contributed by atoms with Crippen LogP contribution in [0, 0.1) is 30.1 Å². The number of nitriles is 1. The topological polar surface area (TPSA) is 286 Å². The lowest BCUT2D eigenvalue weighted by atomic mass is 9.86. The zero-order chi connectivity index (χ0) is 51.3. The van der Waals surface area contributed by atoms with E-state index in [4.69, 9.17) is 42.1 Å². The number of aryl methyl sites for hydroxylation is 1. The van der Waals surface area contributed by atoms with E-state index >= 15 is 0 Å². The lowest BCUT2D eigenvalue weighted by Crippen LogP contribution is -2.46. The van der Waals surface area contributed by atoms with E-state index in [2.05, 4.69) is 26.1 Å². The summed E-state index contributed by atoms with van der Waals surface area (Å²) in [6, 6.07) is 19.4. The Labute approximate surface area is 409 Å². The van der Waals surface area contributed by atoms with Gasteiger partial charge in [-0.2, -0.15) is 5.26 Å². The molecule has 4 aromatic rings. The van der Waals surface area contributed by atoms with Gasteiger partial charge in [0.2, 0.25) is 11.8 Å². The van der Waals surface area contributed by atoms with Crippen LogP contribution in [0.1, 0.15) is 98.6 Å². The van der Waals surface area contributed by atoms with Crippen molar-refractivity contribution in [1.29, 1.82) is 5.26 Å². The number of pyridine rings is 1. The predicted molar refractivity (Wildman–Crippen MR) is 265 cm³/mol. The molecule has 9 N–H and O–H groups in total. The zero-order valence-electron chi connectivity index (χ0n) is 41.0. The van der Waals surface area contributed by atoms with Gasteiger partial charge in [0.15, 0.2) is 24.0 Å². The van der Waals surface area contributed by atoms with Gasteiger partial charge in [-0.1, -0.05) is 64.1 Å². The van der Waals surface area contributed by atoms with Crippen LogP contribution in [0.4, 0.5) is 0 Å². The SMILES string of the molecule is Cc1nc(-c2ccc(C(C)(C)C)cc2)cc(OCC(N)=O)c1C(=O)C[C@@H](CCN)C(=O)N(C)[C@@H]1C(=O)C[C@@H](C)C(=O)N[C@H](C(=O)CCC#N)Cc2ccc(OCCN)c(c2)-c2cc1ccc2OCCN. The summed E-state index contributed by atoms with van der Waals surface area (Å²) in [5.74, 6) is -4.47. The van der Waals surface area contributed by atoms with Crippen LogP contribution in [0.3, 0.4) is 0 Å². The summed E-state index contributed by atoms with van der Waals surface area (Å²) in [5.41, 5.74) is 27.9. The number of nitrogens with one attached hydrogen (secondary N) is 1. The molecule has 1 aromatic heterocycles. The highest BCUT2D eigenvalue weighted by molar-refractivity contribution is 6.03. The Morgan fingerprint density at radius 2 is 1.51 bits per heavy atom. The van der Waals surface area contributed by atoms with Gasteiger partial charge in [-0.25, -0.2) is 0 Å². The Kier molecular flexibility index (Phi) is 18.9. The number of carbonyl (C=O) groups is 6. The summed E-state index contributed by atoms with van der Waals surface area (Å²) in [6.07, 6.45) is -0.753. The van der Waals surface area contributed by atoms with Crippen LogP contribution in [0.15, 0.2) is 66.7 Å². The summed E-state index contributed by atoms with van der Waals surface area (Å²) in [7, 11) is 1.46. The molecule has 0 saturated heterocycles. The number of rotatable bonds is 20. The Bertz CT molecular complexity index is 2600. The minimum Gasteiger partial charge on any atom is -0.492 e. The number of carbonyl (C=O) groups excluding carboxylic acids is 6. The van der Waals surface area contributed by atoms with Gasteiger partial charge in [-0.15, -0.1) is 0 Å². The highest BCUT2D eigenvalue weighted by Gasteiger charge is 2.37. The first kappa shape index (κ1) is 53.9. The van der Waals surface area contributed by atoms with E-state index in [1.165, 1.54) is 11.9 Å². The Balaban J connectivity index is 1.60. The van der Waals surface area contributed by atoms with Crippen LogP contribution in [0.25, 0.3) is 22.4 Å². The van der Waals surface area contributed by atoms with Crippen LogP contribution in [-0.2, 0) is 35.8 Å². The van der Waals surface area contributed by atoms with Crippen molar-refractivity contribution in [1.82, 2.24) is 15.2 Å². The van der Waals surface area contributed by atoms with E-state index in [9.17, 15) is 34.0 Å². The average molecular weight is 959 g/mol.